The summed E-state index contributed by atoms with van der Waals surface area (Å²) in [5.41, 5.74) is 2.37. The van der Waals surface area contributed by atoms with Gasteiger partial charge in [0.2, 0.25) is 0 Å². The summed E-state index contributed by atoms with van der Waals surface area (Å²) in [7, 11) is 0. The summed E-state index contributed by atoms with van der Waals surface area (Å²) in [6.07, 6.45) is 2.56. The summed E-state index contributed by atoms with van der Waals surface area (Å²) in [6, 6.07) is 12.2. The van der Waals surface area contributed by atoms with Gasteiger partial charge in [0.1, 0.15) is 5.00 Å². The van der Waals surface area contributed by atoms with Crippen LogP contribution in [0, 0.1) is 21.4 Å². The molecule has 0 saturated heterocycles. The number of rotatable bonds is 5. The molecule has 1 heterocycles. The van der Waals surface area contributed by atoms with E-state index in [1.807, 2.05) is 0 Å². The summed E-state index contributed by atoms with van der Waals surface area (Å²) in [5, 5.41) is 17.8. The second-order valence-electron chi connectivity index (χ2n) is 9.73. The van der Waals surface area contributed by atoms with Gasteiger partial charge in [-0.2, -0.15) is 0 Å². The molecular weight excluding hydrogens is 486 g/mol. The largest absolute Gasteiger partial charge is 0.322 e. The number of anilines is 2. The Balaban J connectivity index is 1.66. The summed E-state index contributed by atoms with van der Waals surface area (Å²) >= 11 is 7.40. The number of amides is 2. The van der Waals surface area contributed by atoms with E-state index in [4.69, 9.17) is 11.6 Å². The molecule has 0 spiro atoms. The minimum absolute atomic E-state index is 0.0932. The van der Waals surface area contributed by atoms with Gasteiger partial charge in [-0.25, -0.2) is 0 Å². The molecule has 2 N–H and O–H groups in total. The van der Waals surface area contributed by atoms with Gasteiger partial charge in [-0.1, -0.05) is 32.4 Å². The molecule has 2 amide bonds. The molecule has 0 unspecified atom stereocenters. The molecule has 182 valence electrons. The molecule has 2 aromatic carbocycles. The fourth-order valence-corrected chi connectivity index (χ4v) is 5.74. The van der Waals surface area contributed by atoms with E-state index in [2.05, 4.69) is 31.4 Å². The highest BCUT2D eigenvalue weighted by Gasteiger charge is 2.34. The van der Waals surface area contributed by atoms with Crippen molar-refractivity contribution in [2.24, 2.45) is 11.3 Å². The van der Waals surface area contributed by atoms with Crippen LogP contribution < -0.4 is 10.6 Å². The Morgan fingerprint density at radius 1 is 1.03 bits per heavy atom. The van der Waals surface area contributed by atoms with Crippen LogP contribution in [0.5, 0.6) is 0 Å². The van der Waals surface area contributed by atoms with Crippen LogP contribution in [-0.2, 0) is 12.8 Å². The number of nitro groups is 1. The van der Waals surface area contributed by atoms with Crippen molar-refractivity contribution in [2.75, 3.05) is 10.6 Å². The zero-order valence-electron chi connectivity index (χ0n) is 19.7. The van der Waals surface area contributed by atoms with Crippen molar-refractivity contribution in [1.29, 1.82) is 0 Å². The van der Waals surface area contributed by atoms with Gasteiger partial charge in [0.05, 0.1) is 10.5 Å². The molecule has 35 heavy (non-hydrogen) atoms. The zero-order valence-corrected chi connectivity index (χ0v) is 21.3. The molecule has 0 aliphatic heterocycles. The lowest BCUT2D eigenvalue weighted by Crippen LogP contribution is -2.27. The molecule has 9 heteroatoms. The highest BCUT2D eigenvalue weighted by atomic mass is 35.5. The third-order valence-electron chi connectivity index (χ3n) is 6.39. The molecule has 1 aliphatic carbocycles. The molecule has 0 radical (unpaired) electrons. The van der Waals surface area contributed by atoms with Crippen molar-refractivity contribution in [3.05, 3.63) is 85.2 Å². The average molecular weight is 512 g/mol. The summed E-state index contributed by atoms with van der Waals surface area (Å²) in [4.78, 5) is 37.9. The van der Waals surface area contributed by atoms with Crippen molar-refractivity contribution in [3.8, 4) is 0 Å². The predicted molar refractivity (Wildman–Crippen MR) is 140 cm³/mol. The lowest BCUT2D eigenvalue weighted by Gasteiger charge is -2.33. The summed E-state index contributed by atoms with van der Waals surface area (Å²) < 4.78 is 0. The first-order valence-corrected chi connectivity index (χ1v) is 12.5. The van der Waals surface area contributed by atoms with Crippen molar-refractivity contribution >= 4 is 51.1 Å². The molecule has 0 bridgehead atoms. The molecule has 7 nitrogen and oxygen atoms in total. The maximum atomic E-state index is 13.4. The van der Waals surface area contributed by atoms with Crippen LogP contribution in [0.25, 0.3) is 0 Å². The molecule has 3 aromatic rings. The number of hydrogen-bond acceptors (Lipinski definition) is 5. The molecule has 4 rings (SSSR count). The number of nitrogens with one attached hydrogen (secondary N) is 2. The van der Waals surface area contributed by atoms with Crippen LogP contribution in [0.2, 0.25) is 5.02 Å². The van der Waals surface area contributed by atoms with Gasteiger partial charge in [0.15, 0.2) is 0 Å². The van der Waals surface area contributed by atoms with Crippen molar-refractivity contribution in [1.82, 2.24) is 0 Å². The minimum atomic E-state index is -0.514. The number of nitro benzene ring substituents is 1. The monoisotopic (exact) mass is 511 g/mol. The molecule has 1 aromatic heterocycles. The molecule has 0 saturated carbocycles. The zero-order chi connectivity index (χ0) is 25.3. The quantitative estimate of drug-likeness (QED) is 0.285. The van der Waals surface area contributed by atoms with Gasteiger partial charge in [-0.3, -0.25) is 19.7 Å². The Hall–Kier alpha value is -3.23. The Morgan fingerprint density at radius 2 is 1.69 bits per heavy atom. The molecule has 0 fully saturated rings. The van der Waals surface area contributed by atoms with E-state index < -0.39 is 10.8 Å². The first-order chi connectivity index (χ1) is 16.5. The topological polar surface area (TPSA) is 101 Å². The van der Waals surface area contributed by atoms with Crippen molar-refractivity contribution < 1.29 is 14.5 Å². The summed E-state index contributed by atoms with van der Waals surface area (Å²) in [5.74, 6) is -0.247. The number of hydrogen-bond donors (Lipinski definition) is 2. The Kier molecular flexibility index (Phi) is 6.96. The van der Waals surface area contributed by atoms with Crippen LogP contribution in [0.4, 0.5) is 16.4 Å². The number of benzene rings is 2. The van der Waals surface area contributed by atoms with E-state index in [0.29, 0.717) is 27.2 Å². The van der Waals surface area contributed by atoms with Crippen LogP contribution in [0.3, 0.4) is 0 Å². The van der Waals surface area contributed by atoms with Crippen molar-refractivity contribution in [2.45, 2.75) is 40.0 Å². The third kappa shape index (κ3) is 5.55. The standard InChI is InChI=1S/C26H26ClN3O4S/c1-26(2,3)16-6-13-20-21(14-16)35-25(22(20)24(32)28-18-9-7-17(27)8-10-18)29-23(31)15-4-11-19(12-5-15)30(33)34/h4-5,7-12,16H,6,13-14H2,1-3H3,(H,28,32)(H,29,31)/t16-/m1/s1. The van der Waals surface area contributed by atoms with Gasteiger partial charge >= 0.3 is 0 Å². The highest BCUT2D eigenvalue weighted by Crippen LogP contribution is 2.44. The van der Waals surface area contributed by atoms with E-state index in [9.17, 15) is 19.7 Å². The van der Waals surface area contributed by atoms with Gasteiger partial charge < -0.3 is 10.6 Å². The number of non-ortho nitro benzene ring substituents is 1. The number of thiophene rings is 1. The Bertz CT molecular complexity index is 1280. The van der Waals surface area contributed by atoms with Gasteiger partial charge in [0.25, 0.3) is 17.5 Å². The lowest BCUT2D eigenvalue weighted by molar-refractivity contribution is -0.384. The number of carbonyl (C=O) groups excluding carboxylic acids is 2. The van der Waals surface area contributed by atoms with Gasteiger partial charge in [-0.15, -0.1) is 11.3 Å². The lowest BCUT2D eigenvalue weighted by atomic mass is 9.72. The predicted octanol–water partition coefficient (Wildman–Crippen LogP) is 6.97. The minimum Gasteiger partial charge on any atom is -0.322 e. The van der Waals surface area contributed by atoms with Gasteiger partial charge in [0, 0.05) is 33.3 Å². The van der Waals surface area contributed by atoms with Crippen LogP contribution >= 0.6 is 22.9 Å². The third-order valence-corrected chi connectivity index (χ3v) is 7.81. The van der Waals surface area contributed by atoms with E-state index in [1.165, 1.54) is 35.6 Å². The molecular formula is C26H26ClN3O4S. The van der Waals surface area contributed by atoms with Crippen LogP contribution in [0.1, 0.15) is 58.3 Å². The Morgan fingerprint density at radius 3 is 2.29 bits per heavy atom. The van der Waals surface area contributed by atoms with E-state index in [-0.39, 0.29) is 22.6 Å². The first-order valence-electron chi connectivity index (χ1n) is 11.3. The highest BCUT2D eigenvalue weighted by molar-refractivity contribution is 7.17. The van der Waals surface area contributed by atoms with E-state index >= 15 is 0 Å². The number of fused-ring (bicyclic) bond motifs is 1. The fraction of sp³-hybridized carbons (Fsp3) is 0.308. The fourth-order valence-electron chi connectivity index (χ4n) is 4.29. The first kappa shape index (κ1) is 24.9. The van der Waals surface area contributed by atoms with Crippen LogP contribution in [-0.4, -0.2) is 16.7 Å². The number of carbonyl (C=O) groups is 2. The Labute approximate surface area is 212 Å². The second kappa shape index (κ2) is 9.79. The summed E-state index contributed by atoms with van der Waals surface area (Å²) in [6.45, 7) is 6.67. The number of nitrogens with zero attached hydrogens (tertiary/aromatic N) is 1. The van der Waals surface area contributed by atoms with Gasteiger partial charge in [-0.05, 0) is 72.6 Å². The molecule has 1 aliphatic rings. The maximum Gasteiger partial charge on any atom is 0.269 e. The van der Waals surface area contributed by atoms with Crippen LogP contribution in [0.15, 0.2) is 48.5 Å². The second-order valence-corrected chi connectivity index (χ2v) is 11.3. The normalized spacial score (nSPS) is 15.3. The van der Waals surface area contributed by atoms with E-state index in [1.54, 1.807) is 24.3 Å². The van der Waals surface area contributed by atoms with Crippen molar-refractivity contribution in [3.63, 3.8) is 0 Å². The van der Waals surface area contributed by atoms with E-state index in [0.717, 1.165) is 29.7 Å². The average Bonchev–Trinajstić information content (AvgIpc) is 3.17. The smallest absolute Gasteiger partial charge is 0.269 e. The SMILES string of the molecule is CC(C)(C)[C@@H]1CCc2c(sc(NC(=O)c3ccc([N+](=O)[O-])cc3)c2C(=O)Nc2ccc(Cl)cc2)C1. The maximum absolute atomic E-state index is 13.4. The molecule has 1 atom stereocenters. The number of halogens is 1.